The summed E-state index contributed by atoms with van der Waals surface area (Å²) in [4.78, 5) is 12.1. The van der Waals surface area contributed by atoms with Crippen molar-refractivity contribution < 1.29 is 17.6 Å². The van der Waals surface area contributed by atoms with Crippen molar-refractivity contribution in [2.75, 3.05) is 5.32 Å². The van der Waals surface area contributed by atoms with Gasteiger partial charge >= 0.3 is 0 Å². The number of sulfonamides is 1. The van der Waals surface area contributed by atoms with E-state index in [9.17, 15) is 17.6 Å². The number of fused-ring (bicyclic) bond motifs is 2. The minimum Gasteiger partial charge on any atom is -0.325 e. The highest BCUT2D eigenvalue weighted by Gasteiger charge is 2.43. The number of amides is 1. The second kappa shape index (κ2) is 5.06. The first kappa shape index (κ1) is 14.5. The fraction of sp³-hybridized carbons (Fsp3) is 0.500. The molecular weight excluding hydrogens is 295 g/mol. The lowest BCUT2D eigenvalue weighted by Gasteiger charge is -2.21. The SMILES string of the molecule is NS(=O)(=O)c1ccc(F)cc1NC(=O)C1CC2CCC1C2. The molecule has 1 amide bonds. The highest BCUT2D eigenvalue weighted by Crippen LogP contribution is 2.48. The zero-order chi connectivity index (χ0) is 15.2. The molecule has 3 unspecified atom stereocenters. The first-order valence-electron chi connectivity index (χ1n) is 6.98. The third-order valence-electron chi connectivity index (χ3n) is 4.58. The average molecular weight is 312 g/mol. The highest BCUT2D eigenvalue weighted by molar-refractivity contribution is 7.89. The Hall–Kier alpha value is -1.47. The van der Waals surface area contributed by atoms with Gasteiger partial charge in [0.1, 0.15) is 10.7 Å². The number of primary sulfonamides is 1. The minimum atomic E-state index is -4.01. The maximum Gasteiger partial charge on any atom is 0.240 e. The van der Waals surface area contributed by atoms with E-state index in [4.69, 9.17) is 5.14 Å². The van der Waals surface area contributed by atoms with Crippen LogP contribution in [0.5, 0.6) is 0 Å². The van der Waals surface area contributed by atoms with Crippen molar-refractivity contribution in [1.29, 1.82) is 0 Å². The molecule has 114 valence electrons. The van der Waals surface area contributed by atoms with Crippen LogP contribution in [0.15, 0.2) is 23.1 Å². The van der Waals surface area contributed by atoms with Crippen molar-refractivity contribution >= 4 is 21.6 Å². The van der Waals surface area contributed by atoms with Crippen molar-refractivity contribution in [2.45, 2.75) is 30.6 Å². The molecule has 0 saturated heterocycles. The fourth-order valence-electron chi connectivity index (χ4n) is 3.64. The van der Waals surface area contributed by atoms with Gasteiger partial charge in [-0.25, -0.2) is 17.9 Å². The predicted molar refractivity (Wildman–Crippen MR) is 75.3 cm³/mol. The highest BCUT2D eigenvalue weighted by atomic mass is 32.2. The number of carbonyl (C=O) groups is 1. The Bertz CT molecular complexity index is 689. The van der Waals surface area contributed by atoms with E-state index in [1.807, 2.05) is 0 Å². The summed E-state index contributed by atoms with van der Waals surface area (Å²) in [5.74, 6) is -0.0128. The molecule has 0 radical (unpaired) electrons. The average Bonchev–Trinajstić information content (AvgIpc) is 2.99. The largest absolute Gasteiger partial charge is 0.325 e. The molecule has 2 aliphatic rings. The van der Waals surface area contributed by atoms with E-state index in [1.165, 1.54) is 0 Å². The van der Waals surface area contributed by atoms with Gasteiger partial charge < -0.3 is 5.32 Å². The normalized spacial score (nSPS) is 27.8. The Labute approximate surface area is 122 Å². The number of halogens is 1. The molecular formula is C14H17FN2O3S. The fourth-order valence-corrected chi connectivity index (χ4v) is 4.31. The van der Waals surface area contributed by atoms with Crippen molar-refractivity contribution in [3.05, 3.63) is 24.0 Å². The zero-order valence-electron chi connectivity index (χ0n) is 11.4. The smallest absolute Gasteiger partial charge is 0.240 e. The number of hydrogen-bond donors (Lipinski definition) is 2. The van der Waals surface area contributed by atoms with Gasteiger partial charge in [-0.1, -0.05) is 6.42 Å². The van der Waals surface area contributed by atoms with Crippen LogP contribution in [0.25, 0.3) is 0 Å². The molecule has 0 spiro atoms. The van der Waals surface area contributed by atoms with Crippen molar-refractivity contribution in [3.63, 3.8) is 0 Å². The quantitative estimate of drug-likeness (QED) is 0.892. The molecule has 2 bridgehead atoms. The summed E-state index contributed by atoms with van der Waals surface area (Å²) < 4.78 is 36.3. The summed E-state index contributed by atoms with van der Waals surface area (Å²) in [6, 6.07) is 3.07. The van der Waals surface area contributed by atoms with Crippen LogP contribution in [-0.2, 0) is 14.8 Å². The Balaban J connectivity index is 1.84. The van der Waals surface area contributed by atoms with Crippen molar-refractivity contribution in [1.82, 2.24) is 0 Å². The molecule has 3 N–H and O–H groups in total. The number of benzene rings is 1. The summed E-state index contributed by atoms with van der Waals surface area (Å²) in [7, 11) is -4.01. The van der Waals surface area contributed by atoms with Gasteiger partial charge in [0, 0.05) is 5.92 Å². The molecule has 1 aromatic rings. The number of rotatable bonds is 3. The topological polar surface area (TPSA) is 89.3 Å². The minimum absolute atomic E-state index is 0.0785. The Morgan fingerprint density at radius 1 is 1.29 bits per heavy atom. The number of hydrogen-bond acceptors (Lipinski definition) is 3. The summed E-state index contributed by atoms with van der Waals surface area (Å²) in [6.07, 6.45) is 4.09. The maximum atomic E-state index is 13.3. The molecule has 1 aromatic carbocycles. The van der Waals surface area contributed by atoms with E-state index < -0.39 is 15.8 Å². The van der Waals surface area contributed by atoms with E-state index >= 15 is 0 Å². The van der Waals surface area contributed by atoms with Gasteiger partial charge in [-0.05, 0) is 49.3 Å². The van der Waals surface area contributed by atoms with Crippen LogP contribution in [0, 0.1) is 23.6 Å². The Morgan fingerprint density at radius 3 is 2.62 bits per heavy atom. The maximum absolute atomic E-state index is 13.3. The molecule has 2 fully saturated rings. The molecule has 2 aliphatic carbocycles. The summed E-state index contributed by atoms with van der Waals surface area (Å²) in [6.45, 7) is 0. The van der Waals surface area contributed by atoms with E-state index in [0.717, 1.165) is 43.9 Å². The number of nitrogens with one attached hydrogen (secondary N) is 1. The van der Waals surface area contributed by atoms with Crippen molar-refractivity contribution in [3.8, 4) is 0 Å². The van der Waals surface area contributed by atoms with E-state index in [0.29, 0.717) is 11.8 Å². The monoisotopic (exact) mass is 312 g/mol. The predicted octanol–water partition coefficient (Wildman–Crippen LogP) is 1.85. The number of carbonyl (C=O) groups excluding carboxylic acids is 1. The third-order valence-corrected chi connectivity index (χ3v) is 5.55. The molecule has 3 rings (SSSR count). The van der Waals surface area contributed by atoms with Gasteiger partial charge in [0.2, 0.25) is 15.9 Å². The van der Waals surface area contributed by atoms with Crippen LogP contribution < -0.4 is 10.5 Å². The molecule has 0 aromatic heterocycles. The zero-order valence-corrected chi connectivity index (χ0v) is 12.2. The third kappa shape index (κ3) is 2.80. The first-order chi connectivity index (χ1) is 9.84. The molecule has 0 aliphatic heterocycles. The van der Waals surface area contributed by atoms with Crippen LogP contribution in [0.1, 0.15) is 25.7 Å². The molecule has 0 heterocycles. The van der Waals surface area contributed by atoms with Crippen LogP contribution in [0.2, 0.25) is 0 Å². The van der Waals surface area contributed by atoms with E-state index in [-0.39, 0.29) is 22.4 Å². The number of anilines is 1. The summed E-state index contributed by atoms with van der Waals surface area (Å²) >= 11 is 0. The second-order valence-corrected chi connectivity index (χ2v) is 7.49. The molecule has 21 heavy (non-hydrogen) atoms. The molecule has 5 nitrogen and oxygen atoms in total. The van der Waals surface area contributed by atoms with Crippen LogP contribution in [0.4, 0.5) is 10.1 Å². The van der Waals surface area contributed by atoms with Gasteiger partial charge in [0.25, 0.3) is 0 Å². The van der Waals surface area contributed by atoms with E-state index in [2.05, 4.69) is 5.32 Å². The lowest BCUT2D eigenvalue weighted by atomic mass is 9.88. The summed E-state index contributed by atoms with van der Waals surface area (Å²) in [5, 5.41) is 7.64. The summed E-state index contributed by atoms with van der Waals surface area (Å²) in [5.41, 5.74) is -0.0785. The van der Waals surface area contributed by atoms with Crippen molar-refractivity contribution in [2.24, 2.45) is 22.9 Å². The molecule has 7 heteroatoms. The van der Waals surface area contributed by atoms with Crippen LogP contribution in [0.3, 0.4) is 0 Å². The second-order valence-electron chi connectivity index (χ2n) is 5.96. The lowest BCUT2D eigenvalue weighted by Crippen LogP contribution is -2.28. The number of nitrogens with two attached hydrogens (primary N) is 1. The van der Waals surface area contributed by atoms with Gasteiger partial charge in [-0.3, -0.25) is 4.79 Å². The van der Waals surface area contributed by atoms with Gasteiger partial charge in [-0.15, -0.1) is 0 Å². The Morgan fingerprint density at radius 2 is 2.05 bits per heavy atom. The van der Waals surface area contributed by atoms with Crippen LogP contribution >= 0.6 is 0 Å². The Kier molecular flexibility index (Phi) is 3.49. The standard InChI is InChI=1S/C14H17FN2O3S/c15-10-3-4-13(21(16,19)20)12(7-10)17-14(18)11-6-8-1-2-9(11)5-8/h3-4,7-9,11H,1-2,5-6H2,(H,17,18)(H2,16,19,20). The van der Waals surface area contributed by atoms with Gasteiger partial charge in [-0.2, -0.15) is 0 Å². The molecule has 3 atom stereocenters. The van der Waals surface area contributed by atoms with E-state index in [1.54, 1.807) is 0 Å². The van der Waals surface area contributed by atoms with Gasteiger partial charge in [0.05, 0.1) is 5.69 Å². The van der Waals surface area contributed by atoms with Gasteiger partial charge in [0.15, 0.2) is 0 Å². The lowest BCUT2D eigenvalue weighted by molar-refractivity contribution is -0.121. The van der Waals surface area contributed by atoms with Crippen LogP contribution in [-0.4, -0.2) is 14.3 Å². The molecule has 2 saturated carbocycles. The first-order valence-corrected chi connectivity index (χ1v) is 8.52.